The number of carbonyl (C=O) groups is 1. The summed E-state index contributed by atoms with van der Waals surface area (Å²) in [6.07, 6.45) is 4.04. The number of hydrogen-bond donors (Lipinski definition) is 0. The van der Waals surface area contributed by atoms with Crippen LogP contribution in [0.5, 0.6) is 11.5 Å². The smallest absolute Gasteiger partial charge is 0.242 e. The molecule has 7 heteroatoms. The maximum absolute atomic E-state index is 12.9. The lowest BCUT2D eigenvalue weighted by molar-refractivity contribution is -0.126. The maximum Gasteiger partial charge on any atom is 0.242 e. The number of thiocarbonyl (C=S) groups is 1. The zero-order valence-corrected chi connectivity index (χ0v) is 17.0. The molecule has 0 unspecified atom stereocenters. The number of amides is 1. The maximum atomic E-state index is 12.9. The molecule has 1 fully saturated rings. The summed E-state index contributed by atoms with van der Waals surface area (Å²) in [5, 5.41) is -0.244. The molecule has 5 nitrogen and oxygen atoms in total. The van der Waals surface area contributed by atoms with Gasteiger partial charge in [0.25, 0.3) is 0 Å². The van der Waals surface area contributed by atoms with Crippen molar-refractivity contribution in [1.29, 1.82) is 0 Å². The monoisotopic (exact) mass is 402 g/mol. The minimum absolute atomic E-state index is 0.0326. The first kappa shape index (κ1) is 19.6. The summed E-state index contributed by atoms with van der Waals surface area (Å²) in [5.74, 6) is 1.56. The van der Waals surface area contributed by atoms with Gasteiger partial charge >= 0.3 is 0 Å². The third-order valence-electron chi connectivity index (χ3n) is 4.12. The largest absolute Gasteiger partial charge is 0.494 e. The van der Waals surface area contributed by atoms with Crippen LogP contribution in [0, 0.1) is 0 Å². The fourth-order valence-electron chi connectivity index (χ4n) is 2.89. The summed E-state index contributed by atoms with van der Waals surface area (Å²) >= 11 is 6.88. The Bertz CT molecular complexity index is 814. The first-order valence-electron chi connectivity index (χ1n) is 8.91. The predicted molar refractivity (Wildman–Crippen MR) is 111 cm³/mol. The average Bonchev–Trinajstić information content (AvgIpc) is 2.93. The fraction of sp³-hybridized carbons (Fsp3) is 0.350. The van der Waals surface area contributed by atoms with Gasteiger partial charge in [0.1, 0.15) is 15.8 Å². The lowest BCUT2D eigenvalue weighted by atomic mass is 10.1. The third-order valence-corrected chi connectivity index (χ3v) is 5.71. The Balaban J connectivity index is 1.74. The SMILES string of the molecule is CCOc1ccc(C[C@@H]2SC(=S)N(Cc3cccnc3)C2=O)c(OCC)c1. The molecule has 142 valence electrons. The van der Waals surface area contributed by atoms with E-state index in [1.165, 1.54) is 11.8 Å². The van der Waals surface area contributed by atoms with Gasteiger partial charge in [-0.25, -0.2) is 0 Å². The van der Waals surface area contributed by atoms with Crippen molar-refractivity contribution in [3.8, 4) is 11.5 Å². The number of rotatable bonds is 8. The van der Waals surface area contributed by atoms with E-state index in [1.54, 1.807) is 17.3 Å². The van der Waals surface area contributed by atoms with Crippen molar-refractivity contribution in [2.24, 2.45) is 0 Å². The van der Waals surface area contributed by atoms with E-state index in [0.29, 0.717) is 30.5 Å². The standard InChI is InChI=1S/C20H22N2O3S2/c1-3-24-16-8-7-15(17(11-16)25-4-2)10-18-19(23)22(20(26)27-18)13-14-6-5-9-21-12-14/h5-9,11-12,18H,3-4,10,13H2,1-2H3/t18-/m0/s1. The molecule has 3 rings (SSSR count). The molecular weight excluding hydrogens is 380 g/mol. The van der Waals surface area contributed by atoms with E-state index in [0.717, 1.165) is 22.6 Å². The van der Waals surface area contributed by atoms with Crippen molar-refractivity contribution >= 4 is 34.2 Å². The molecule has 1 aliphatic rings. The van der Waals surface area contributed by atoms with Crippen molar-refractivity contribution in [2.75, 3.05) is 13.2 Å². The van der Waals surface area contributed by atoms with E-state index in [2.05, 4.69) is 4.98 Å². The molecule has 2 heterocycles. The van der Waals surface area contributed by atoms with Crippen molar-refractivity contribution in [3.05, 3.63) is 53.9 Å². The number of thioether (sulfide) groups is 1. The van der Waals surface area contributed by atoms with Gasteiger partial charge in [0.05, 0.1) is 25.0 Å². The van der Waals surface area contributed by atoms with Gasteiger partial charge in [0.15, 0.2) is 0 Å². The molecule has 1 saturated heterocycles. The van der Waals surface area contributed by atoms with E-state index in [4.69, 9.17) is 21.7 Å². The molecule has 0 radical (unpaired) electrons. The molecule has 27 heavy (non-hydrogen) atoms. The summed E-state index contributed by atoms with van der Waals surface area (Å²) in [6.45, 7) is 5.49. The Labute approximate surface area is 169 Å². The van der Waals surface area contributed by atoms with Crippen molar-refractivity contribution in [2.45, 2.75) is 32.1 Å². The minimum Gasteiger partial charge on any atom is -0.494 e. The van der Waals surface area contributed by atoms with Crippen LogP contribution in [0.15, 0.2) is 42.7 Å². The molecule has 1 atom stereocenters. The van der Waals surface area contributed by atoms with Crippen LogP contribution in [0.2, 0.25) is 0 Å². The Morgan fingerprint density at radius 2 is 2.04 bits per heavy atom. The number of ether oxygens (including phenoxy) is 2. The number of hydrogen-bond acceptors (Lipinski definition) is 6. The average molecular weight is 403 g/mol. The van der Waals surface area contributed by atoms with Crippen molar-refractivity contribution in [1.82, 2.24) is 9.88 Å². The third kappa shape index (κ3) is 4.78. The summed E-state index contributed by atoms with van der Waals surface area (Å²) in [5.41, 5.74) is 1.95. The van der Waals surface area contributed by atoms with Crippen LogP contribution in [0.3, 0.4) is 0 Å². The van der Waals surface area contributed by atoms with Gasteiger partial charge in [-0.15, -0.1) is 0 Å². The Morgan fingerprint density at radius 1 is 1.22 bits per heavy atom. The highest BCUT2D eigenvalue weighted by molar-refractivity contribution is 8.24. The molecule has 0 spiro atoms. The van der Waals surface area contributed by atoms with Gasteiger partial charge in [-0.3, -0.25) is 14.7 Å². The van der Waals surface area contributed by atoms with E-state index in [-0.39, 0.29) is 11.2 Å². The lowest BCUT2D eigenvalue weighted by Crippen LogP contribution is -2.31. The zero-order chi connectivity index (χ0) is 19.2. The summed E-state index contributed by atoms with van der Waals surface area (Å²) in [4.78, 5) is 18.7. The van der Waals surface area contributed by atoms with Crippen LogP contribution in [0.25, 0.3) is 0 Å². The Hall–Kier alpha value is -2.12. The second kappa shape index (κ2) is 9.19. The Morgan fingerprint density at radius 3 is 2.74 bits per heavy atom. The fourth-order valence-corrected chi connectivity index (χ4v) is 4.41. The highest BCUT2D eigenvalue weighted by Gasteiger charge is 2.37. The molecule has 0 N–H and O–H groups in total. The molecule has 1 aliphatic heterocycles. The second-order valence-electron chi connectivity index (χ2n) is 6.00. The molecule has 0 saturated carbocycles. The summed E-state index contributed by atoms with van der Waals surface area (Å²) in [7, 11) is 0. The van der Waals surface area contributed by atoms with Crippen molar-refractivity contribution in [3.63, 3.8) is 0 Å². The number of pyridine rings is 1. The van der Waals surface area contributed by atoms with E-state index < -0.39 is 0 Å². The van der Waals surface area contributed by atoms with Gasteiger partial charge < -0.3 is 9.47 Å². The molecule has 0 aliphatic carbocycles. The molecule has 1 amide bonds. The minimum atomic E-state index is -0.244. The van der Waals surface area contributed by atoms with Crippen LogP contribution >= 0.6 is 24.0 Å². The van der Waals surface area contributed by atoms with Gasteiger partial charge in [-0.2, -0.15) is 0 Å². The van der Waals surface area contributed by atoms with E-state index in [1.807, 2.05) is 44.2 Å². The molecule has 2 aromatic rings. The zero-order valence-electron chi connectivity index (χ0n) is 15.4. The Kier molecular flexibility index (Phi) is 6.68. The van der Waals surface area contributed by atoms with Gasteiger partial charge in [0.2, 0.25) is 5.91 Å². The van der Waals surface area contributed by atoms with E-state index in [9.17, 15) is 4.79 Å². The number of nitrogens with zero attached hydrogens (tertiary/aromatic N) is 2. The topological polar surface area (TPSA) is 51.7 Å². The van der Waals surface area contributed by atoms with Gasteiger partial charge in [-0.1, -0.05) is 36.1 Å². The second-order valence-corrected chi connectivity index (χ2v) is 7.83. The van der Waals surface area contributed by atoms with Gasteiger partial charge in [-0.05, 0) is 43.5 Å². The van der Waals surface area contributed by atoms with Crippen LogP contribution in [0.4, 0.5) is 0 Å². The van der Waals surface area contributed by atoms with E-state index >= 15 is 0 Å². The van der Waals surface area contributed by atoms with Crippen LogP contribution < -0.4 is 9.47 Å². The highest BCUT2D eigenvalue weighted by Crippen LogP contribution is 2.34. The molecule has 0 bridgehead atoms. The number of carbonyl (C=O) groups excluding carboxylic acids is 1. The van der Waals surface area contributed by atoms with Crippen LogP contribution in [-0.4, -0.2) is 38.6 Å². The van der Waals surface area contributed by atoms with Crippen molar-refractivity contribution < 1.29 is 14.3 Å². The molecule has 1 aromatic carbocycles. The highest BCUT2D eigenvalue weighted by atomic mass is 32.2. The number of benzene rings is 1. The first-order valence-corrected chi connectivity index (χ1v) is 10.2. The number of aromatic nitrogens is 1. The summed E-state index contributed by atoms with van der Waals surface area (Å²) in [6, 6.07) is 9.57. The molecule has 1 aromatic heterocycles. The lowest BCUT2D eigenvalue weighted by Gasteiger charge is -2.16. The van der Waals surface area contributed by atoms with Crippen LogP contribution in [0.1, 0.15) is 25.0 Å². The quantitative estimate of drug-likeness (QED) is 0.625. The normalized spacial score (nSPS) is 16.7. The first-order chi connectivity index (χ1) is 13.1. The predicted octanol–water partition coefficient (Wildman–Crippen LogP) is 3.85. The van der Waals surface area contributed by atoms with Gasteiger partial charge in [0, 0.05) is 18.5 Å². The molecular formula is C20H22N2O3S2. The van der Waals surface area contributed by atoms with Crippen LogP contribution in [-0.2, 0) is 17.8 Å². The summed E-state index contributed by atoms with van der Waals surface area (Å²) < 4.78 is 11.9.